The number of halogens is 1. The Hall–Kier alpha value is -1.68. The normalized spacial score (nSPS) is 10.5. The second-order valence-electron chi connectivity index (χ2n) is 3.11. The van der Waals surface area contributed by atoms with E-state index in [1.165, 1.54) is 6.21 Å². The summed E-state index contributed by atoms with van der Waals surface area (Å²) >= 11 is 6.06. The van der Waals surface area contributed by atoms with E-state index in [-0.39, 0.29) is 0 Å². The van der Waals surface area contributed by atoms with E-state index in [2.05, 4.69) is 11.7 Å². The Balaban J connectivity index is 3.12. The van der Waals surface area contributed by atoms with Gasteiger partial charge in [-0.15, -0.1) is 0 Å². The minimum Gasteiger partial charge on any atom is -0.490 e. The van der Waals surface area contributed by atoms with E-state index in [0.717, 1.165) is 0 Å². The number of hydrogen-bond donors (Lipinski definition) is 1. The predicted molar refractivity (Wildman–Crippen MR) is 67.7 cm³/mol. The third-order valence-electron chi connectivity index (χ3n) is 1.88. The molecule has 1 aromatic carbocycles. The molecule has 0 heterocycles. The molecule has 92 valence electrons. The van der Waals surface area contributed by atoms with Gasteiger partial charge in [-0.25, -0.2) is 0 Å². The number of hydrogen-bond acceptors (Lipinski definition) is 4. The molecule has 0 spiro atoms. The van der Waals surface area contributed by atoms with Crippen LogP contribution in [0.3, 0.4) is 0 Å². The lowest BCUT2D eigenvalue weighted by Gasteiger charge is -2.13. The van der Waals surface area contributed by atoms with Crippen LogP contribution in [-0.4, -0.2) is 24.6 Å². The van der Waals surface area contributed by atoms with Crippen LogP contribution in [0, 0.1) is 0 Å². The lowest BCUT2D eigenvalue weighted by molar-refractivity contribution is 0.297. The van der Waals surface area contributed by atoms with Gasteiger partial charge in [-0.2, -0.15) is 0 Å². The summed E-state index contributed by atoms with van der Waals surface area (Å²) in [6.45, 7) is 6.25. The van der Waals surface area contributed by atoms with Gasteiger partial charge in [0.1, 0.15) is 6.61 Å². The van der Waals surface area contributed by atoms with Gasteiger partial charge in [0.2, 0.25) is 0 Å². The Bertz CT molecular complexity index is 418. The van der Waals surface area contributed by atoms with Crippen LogP contribution in [0.4, 0.5) is 0 Å². The first kappa shape index (κ1) is 13.4. The van der Waals surface area contributed by atoms with E-state index < -0.39 is 0 Å². The van der Waals surface area contributed by atoms with Crippen LogP contribution in [0.2, 0.25) is 5.02 Å². The highest BCUT2D eigenvalue weighted by atomic mass is 35.5. The Labute approximate surface area is 105 Å². The number of rotatable bonds is 6. The van der Waals surface area contributed by atoms with Crippen molar-refractivity contribution in [3.8, 4) is 11.5 Å². The van der Waals surface area contributed by atoms with Crippen molar-refractivity contribution in [1.82, 2.24) is 0 Å². The van der Waals surface area contributed by atoms with Crippen molar-refractivity contribution < 1.29 is 14.7 Å². The van der Waals surface area contributed by atoms with Gasteiger partial charge < -0.3 is 14.7 Å². The first-order chi connectivity index (χ1) is 8.22. The van der Waals surface area contributed by atoms with Crippen molar-refractivity contribution in [3.05, 3.63) is 35.4 Å². The second kappa shape index (κ2) is 6.81. The molecule has 0 atom stereocenters. The minimum atomic E-state index is 0.341. The van der Waals surface area contributed by atoms with Gasteiger partial charge in [0.05, 0.1) is 17.8 Å². The zero-order chi connectivity index (χ0) is 12.7. The minimum absolute atomic E-state index is 0.341. The highest BCUT2D eigenvalue weighted by molar-refractivity contribution is 6.32. The van der Waals surface area contributed by atoms with Crippen LogP contribution >= 0.6 is 11.6 Å². The molecule has 1 N–H and O–H groups in total. The fourth-order valence-corrected chi connectivity index (χ4v) is 1.55. The Kier molecular flexibility index (Phi) is 5.36. The fourth-order valence-electron chi connectivity index (χ4n) is 1.27. The van der Waals surface area contributed by atoms with Crippen molar-refractivity contribution in [2.24, 2.45) is 5.16 Å². The Morgan fingerprint density at radius 1 is 1.47 bits per heavy atom. The largest absolute Gasteiger partial charge is 0.490 e. The predicted octanol–water partition coefficient (Wildman–Crippen LogP) is 3.11. The summed E-state index contributed by atoms with van der Waals surface area (Å²) < 4.78 is 10.8. The van der Waals surface area contributed by atoms with Gasteiger partial charge in [0, 0.05) is 5.56 Å². The Morgan fingerprint density at radius 3 is 2.82 bits per heavy atom. The lowest BCUT2D eigenvalue weighted by atomic mass is 10.2. The number of oxime groups is 1. The summed E-state index contributed by atoms with van der Waals surface area (Å²) in [5, 5.41) is 11.8. The molecule has 0 radical (unpaired) electrons. The molecule has 0 aromatic heterocycles. The van der Waals surface area contributed by atoms with E-state index in [0.29, 0.717) is 35.3 Å². The molecule has 0 aliphatic carbocycles. The summed E-state index contributed by atoms with van der Waals surface area (Å²) in [7, 11) is 0. The summed E-state index contributed by atoms with van der Waals surface area (Å²) in [5.41, 5.74) is 0.631. The number of ether oxygens (including phenoxy) is 2. The Morgan fingerprint density at radius 2 is 2.24 bits per heavy atom. The molecule has 0 amide bonds. The lowest BCUT2D eigenvalue weighted by Crippen LogP contribution is -2.00. The monoisotopic (exact) mass is 255 g/mol. The molecule has 0 saturated carbocycles. The summed E-state index contributed by atoms with van der Waals surface area (Å²) in [6.07, 6.45) is 2.89. The van der Waals surface area contributed by atoms with Crippen molar-refractivity contribution in [2.45, 2.75) is 6.92 Å². The van der Waals surface area contributed by atoms with E-state index in [1.54, 1.807) is 18.2 Å². The summed E-state index contributed by atoms with van der Waals surface area (Å²) in [6, 6.07) is 3.32. The van der Waals surface area contributed by atoms with Crippen molar-refractivity contribution in [3.63, 3.8) is 0 Å². The molecule has 0 fully saturated rings. The van der Waals surface area contributed by atoms with Crippen molar-refractivity contribution in [2.75, 3.05) is 13.2 Å². The van der Waals surface area contributed by atoms with Gasteiger partial charge in [0.15, 0.2) is 11.5 Å². The first-order valence-electron chi connectivity index (χ1n) is 5.10. The summed E-state index contributed by atoms with van der Waals surface area (Å²) in [4.78, 5) is 0. The standard InChI is InChI=1S/C12H14ClNO3/c1-3-5-17-12-10(13)6-9(8-14-15)7-11(12)16-4-2/h3,6-8,15H,1,4-5H2,2H3. The zero-order valence-corrected chi connectivity index (χ0v) is 10.3. The molecule has 0 unspecified atom stereocenters. The van der Waals surface area contributed by atoms with Crippen LogP contribution in [0.25, 0.3) is 0 Å². The topological polar surface area (TPSA) is 51.0 Å². The van der Waals surface area contributed by atoms with E-state index in [4.69, 9.17) is 26.3 Å². The first-order valence-corrected chi connectivity index (χ1v) is 5.48. The maximum atomic E-state index is 8.48. The van der Waals surface area contributed by atoms with Crippen LogP contribution in [0.15, 0.2) is 29.9 Å². The third kappa shape index (κ3) is 3.67. The van der Waals surface area contributed by atoms with Crippen LogP contribution in [0.5, 0.6) is 11.5 Å². The SMILES string of the molecule is C=CCOc1c(Cl)cc(C=NO)cc1OCC. The number of benzene rings is 1. The van der Waals surface area contributed by atoms with E-state index in [1.807, 2.05) is 6.92 Å². The van der Waals surface area contributed by atoms with Gasteiger partial charge in [-0.1, -0.05) is 29.4 Å². The molecule has 0 saturated heterocycles. The molecule has 0 aliphatic heterocycles. The van der Waals surface area contributed by atoms with Crippen LogP contribution < -0.4 is 9.47 Å². The molecule has 0 bridgehead atoms. The van der Waals surface area contributed by atoms with Crippen molar-refractivity contribution >= 4 is 17.8 Å². The molecule has 1 aromatic rings. The van der Waals surface area contributed by atoms with E-state index in [9.17, 15) is 0 Å². The van der Waals surface area contributed by atoms with Crippen LogP contribution in [-0.2, 0) is 0 Å². The number of nitrogens with zero attached hydrogens (tertiary/aromatic N) is 1. The molecule has 1 rings (SSSR count). The van der Waals surface area contributed by atoms with Crippen molar-refractivity contribution in [1.29, 1.82) is 0 Å². The molecule has 5 heteroatoms. The van der Waals surface area contributed by atoms with Gasteiger partial charge in [-0.05, 0) is 19.1 Å². The summed E-state index contributed by atoms with van der Waals surface area (Å²) in [5.74, 6) is 0.972. The zero-order valence-electron chi connectivity index (χ0n) is 9.52. The maximum absolute atomic E-state index is 8.48. The average Bonchev–Trinajstić information content (AvgIpc) is 2.29. The fraction of sp³-hybridized carbons (Fsp3) is 0.250. The van der Waals surface area contributed by atoms with Crippen LogP contribution in [0.1, 0.15) is 12.5 Å². The van der Waals surface area contributed by atoms with Gasteiger partial charge in [0.25, 0.3) is 0 Å². The highest BCUT2D eigenvalue weighted by Crippen LogP contribution is 2.36. The molecule has 4 nitrogen and oxygen atoms in total. The maximum Gasteiger partial charge on any atom is 0.180 e. The van der Waals surface area contributed by atoms with E-state index >= 15 is 0 Å². The van der Waals surface area contributed by atoms with Gasteiger partial charge >= 0.3 is 0 Å². The smallest absolute Gasteiger partial charge is 0.180 e. The van der Waals surface area contributed by atoms with Gasteiger partial charge in [-0.3, -0.25) is 0 Å². The quantitative estimate of drug-likeness (QED) is 0.368. The third-order valence-corrected chi connectivity index (χ3v) is 2.16. The molecule has 17 heavy (non-hydrogen) atoms. The highest BCUT2D eigenvalue weighted by Gasteiger charge is 2.11. The molecular formula is C12H14ClNO3. The molecule has 0 aliphatic rings. The molecular weight excluding hydrogens is 242 g/mol. The second-order valence-corrected chi connectivity index (χ2v) is 3.51. The average molecular weight is 256 g/mol.